The first-order valence-corrected chi connectivity index (χ1v) is 6.86. The molecule has 0 saturated heterocycles. The van der Waals surface area contributed by atoms with E-state index in [2.05, 4.69) is 24.1 Å². The minimum absolute atomic E-state index is 0.0758. The summed E-state index contributed by atoms with van der Waals surface area (Å²) in [5, 5.41) is 4.14. The molecule has 1 amide bonds. The van der Waals surface area contributed by atoms with Crippen molar-refractivity contribution in [3.63, 3.8) is 0 Å². The first kappa shape index (κ1) is 13.5. The Morgan fingerprint density at radius 2 is 1.95 bits per heavy atom. The van der Waals surface area contributed by atoms with Crippen molar-refractivity contribution in [2.75, 3.05) is 0 Å². The molecule has 3 heteroatoms. The van der Waals surface area contributed by atoms with Gasteiger partial charge in [-0.1, -0.05) is 38.1 Å². The molecule has 0 aliphatic heterocycles. The number of pyridine rings is 1. The summed E-state index contributed by atoms with van der Waals surface area (Å²) in [6.07, 6.45) is 4.10. The van der Waals surface area contributed by atoms with E-state index in [1.165, 1.54) is 0 Å². The van der Waals surface area contributed by atoms with Crippen LogP contribution in [-0.4, -0.2) is 16.9 Å². The minimum atomic E-state index is 0.0758. The van der Waals surface area contributed by atoms with Gasteiger partial charge >= 0.3 is 0 Å². The zero-order valence-electron chi connectivity index (χ0n) is 11.5. The fourth-order valence-corrected chi connectivity index (χ4v) is 2.25. The number of para-hydroxylation sites is 1. The molecule has 0 atom stereocenters. The molecule has 100 valence electrons. The number of hydrogen-bond acceptors (Lipinski definition) is 2. The highest BCUT2D eigenvalue weighted by molar-refractivity contribution is 5.87. The quantitative estimate of drug-likeness (QED) is 0.893. The minimum Gasteiger partial charge on any atom is -0.353 e. The Hall–Kier alpha value is -1.90. The van der Waals surface area contributed by atoms with Crippen molar-refractivity contribution < 1.29 is 4.79 Å². The lowest BCUT2D eigenvalue weighted by atomic mass is 10.1. The number of aromatic nitrogens is 1. The second kappa shape index (κ2) is 6.32. The molecule has 1 aromatic carbocycles. The SMILES string of the molecule is CCC(CC)NC(=O)Cc1cccc2cccnc12. The zero-order chi connectivity index (χ0) is 13.7. The number of fused-ring (bicyclic) bond motifs is 1. The molecule has 2 rings (SSSR count). The molecule has 0 unspecified atom stereocenters. The van der Waals surface area contributed by atoms with Gasteiger partial charge < -0.3 is 5.32 Å². The molecule has 0 spiro atoms. The number of carbonyl (C=O) groups is 1. The van der Waals surface area contributed by atoms with E-state index in [4.69, 9.17) is 0 Å². The van der Waals surface area contributed by atoms with Crippen LogP contribution in [0.5, 0.6) is 0 Å². The van der Waals surface area contributed by atoms with Crippen LogP contribution >= 0.6 is 0 Å². The number of amides is 1. The first-order valence-electron chi connectivity index (χ1n) is 6.86. The lowest BCUT2D eigenvalue weighted by molar-refractivity contribution is -0.121. The summed E-state index contributed by atoms with van der Waals surface area (Å²) in [7, 11) is 0. The van der Waals surface area contributed by atoms with Gasteiger partial charge in [0.15, 0.2) is 0 Å². The molecule has 2 aromatic rings. The van der Waals surface area contributed by atoms with E-state index in [9.17, 15) is 4.79 Å². The number of benzene rings is 1. The van der Waals surface area contributed by atoms with Crippen LogP contribution in [0.2, 0.25) is 0 Å². The van der Waals surface area contributed by atoms with E-state index in [0.717, 1.165) is 29.3 Å². The van der Waals surface area contributed by atoms with Gasteiger partial charge in [0.05, 0.1) is 11.9 Å². The predicted molar refractivity (Wildman–Crippen MR) is 78.0 cm³/mol. The summed E-state index contributed by atoms with van der Waals surface area (Å²) in [6, 6.07) is 10.2. The van der Waals surface area contributed by atoms with Crippen LogP contribution in [-0.2, 0) is 11.2 Å². The normalized spacial score (nSPS) is 10.9. The van der Waals surface area contributed by atoms with Crippen LogP contribution in [0.25, 0.3) is 10.9 Å². The molecule has 1 N–H and O–H groups in total. The second-order valence-corrected chi connectivity index (χ2v) is 4.75. The fourth-order valence-electron chi connectivity index (χ4n) is 2.25. The van der Waals surface area contributed by atoms with E-state index >= 15 is 0 Å². The van der Waals surface area contributed by atoms with Crippen LogP contribution in [0.15, 0.2) is 36.5 Å². The van der Waals surface area contributed by atoms with Gasteiger partial charge in [0.1, 0.15) is 0 Å². The van der Waals surface area contributed by atoms with Crippen LogP contribution in [0.4, 0.5) is 0 Å². The molecule has 3 nitrogen and oxygen atoms in total. The number of carbonyl (C=O) groups excluding carboxylic acids is 1. The van der Waals surface area contributed by atoms with Gasteiger partial charge in [-0.25, -0.2) is 0 Å². The highest BCUT2D eigenvalue weighted by atomic mass is 16.1. The Morgan fingerprint density at radius 1 is 1.21 bits per heavy atom. The predicted octanol–water partition coefficient (Wildman–Crippen LogP) is 3.08. The van der Waals surface area contributed by atoms with Gasteiger partial charge in [0.25, 0.3) is 0 Å². The second-order valence-electron chi connectivity index (χ2n) is 4.75. The maximum atomic E-state index is 12.0. The zero-order valence-corrected chi connectivity index (χ0v) is 11.5. The maximum Gasteiger partial charge on any atom is 0.224 e. The topological polar surface area (TPSA) is 42.0 Å². The molecule has 1 aromatic heterocycles. The standard InChI is InChI=1S/C16H20N2O/c1-3-14(4-2)18-15(19)11-13-8-5-7-12-9-6-10-17-16(12)13/h5-10,14H,3-4,11H2,1-2H3,(H,18,19). The molecular weight excluding hydrogens is 236 g/mol. The van der Waals surface area contributed by atoms with E-state index < -0.39 is 0 Å². The molecule has 19 heavy (non-hydrogen) atoms. The third kappa shape index (κ3) is 3.31. The van der Waals surface area contributed by atoms with Crippen LogP contribution in [0, 0.1) is 0 Å². The van der Waals surface area contributed by atoms with Gasteiger partial charge in [-0.05, 0) is 24.5 Å². The number of hydrogen-bond donors (Lipinski definition) is 1. The first-order chi connectivity index (χ1) is 9.24. The lowest BCUT2D eigenvalue weighted by Gasteiger charge is -2.15. The third-order valence-electron chi connectivity index (χ3n) is 3.42. The van der Waals surface area contributed by atoms with Crippen molar-refractivity contribution in [2.45, 2.75) is 39.2 Å². The summed E-state index contributed by atoms with van der Waals surface area (Å²) >= 11 is 0. The van der Waals surface area contributed by atoms with E-state index in [0.29, 0.717) is 6.42 Å². The number of rotatable bonds is 5. The summed E-state index contributed by atoms with van der Waals surface area (Å²) in [4.78, 5) is 16.4. The molecule has 0 aliphatic rings. The Labute approximate surface area is 114 Å². The van der Waals surface area contributed by atoms with Crippen molar-refractivity contribution in [3.05, 3.63) is 42.1 Å². The highest BCUT2D eigenvalue weighted by Gasteiger charge is 2.11. The average Bonchev–Trinajstić information content (AvgIpc) is 2.45. The average molecular weight is 256 g/mol. The lowest BCUT2D eigenvalue weighted by Crippen LogP contribution is -2.34. The van der Waals surface area contributed by atoms with E-state index in [1.807, 2.05) is 30.3 Å². The third-order valence-corrected chi connectivity index (χ3v) is 3.42. The Bertz CT molecular complexity index is 556. The van der Waals surface area contributed by atoms with Crippen molar-refractivity contribution >= 4 is 16.8 Å². The maximum absolute atomic E-state index is 12.0. The van der Waals surface area contributed by atoms with E-state index in [-0.39, 0.29) is 11.9 Å². The molecule has 0 bridgehead atoms. The highest BCUT2D eigenvalue weighted by Crippen LogP contribution is 2.16. The van der Waals surface area contributed by atoms with E-state index in [1.54, 1.807) is 6.20 Å². The molecule has 0 fully saturated rings. The van der Waals surface area contributed by atoms with Gasteiger partial charge in [0.2, 0.25) is 5.91 Å². The van der Waals surface area contributed by atoms with Crippen LogP contribution in [0.1, 0.15) is 32.3 Å². The van der Waals surface area contributed by atoms with Crippen molar-refractivity contribution in [1.82, 2.24) is 10.3 Å². The van der Waals surface area contributed by atoms with Gasteiger partial charge in [-0.15, -0.1) is 0 Å². The molecule has 0 saturated carbocycles. The summed E-state index contributed by atoms with van der Waals surface area (Å²) < 4.78 is 0. The smallest absolute Gasteiger partial charge is 0.224 e. The summed E-state index contributed by atoms with van der Waals surface area (Å²) in [6.45, 7) is 4.18. The molecule has 0 aliphatic carbocycles. The van der Waals surface area contributed by atoms with Gasteiger partial charge in [-0.3, -0.25) is 9.78 Å². The summed E-state index contributed by atoms with van der Waals surface area (Å²) in [5.74, 6) is 0.0758. The Morgan fingerprint density at radius 3 is 2.68 bits per heavy atom. The molecular formula is C16H20N2O. The largest absolute Gasteiger partial charge is 0.353 e. The monoisotopic (exact) mass is 256 g/mol. The van der Waals surface area contributed by atoms with Crippen LogP contribution < -0.4 is 5.32 Å². The van der Waals surface area contributed by atoms with Crippen molar-refractivity contribution in [2.24, 2.45) is 0 Å². The molecule has 1 heterocycles. The number of nitrogens with one attached hydrogen (secondary N) is 1. The van der Waals surface area contributed by atoms with Gasteiger partial charge in [0, 0.05) is 17.6 Å². The van der Waals surface area contributed by atoms with Crippen molar-refractivity contribution in [1.29, 1.82) is 0 Å². The Balaban J connectivity index is 2.15. The number of nitrogens with zero attached hydrogens (tertiary/aromatic N) is 1. The summed E-state index contributed by atoms with van der Waals surface area (Å²) in [5.41, 5.74) is 1.91. The fraction of sp³-hybridized carbons (Fsp3) is 0.375. The molecule has 0 radical (unpaired) electrons. The van der Waals surface area contributed by atoms with Crippen molar-refractivity contribution in [3.8, 4) is 0 Å². The van der Waals surface area contributed by atoms with Gasteiger partial charge in [-0.2, -0.15) is 0 Å². The van der Waals surface area contributed by atoms with Crippen LogP contribution in [0.3, 0.4) is 0 Å². The Kier molecular flexibility index (Phi) is 4.50.